The fraction of sp³-hybridized carbons (Fsp3) is 0. The number of fused-ring (bicyclic) bond motifs is 2. The van der Waals surface area contributed by atoms with Gasteiger partial charge in [0.15, 0.2) is 0 Å². The molecule has 0 amide bonds. The maximum absolute atomic E-state index is 2.21. The number of benzene rings is 4. The fourth-order valence-electron chi connectivity index (χ4n) is 2.92. The van der Waals surface area contributed by atoms with Gasteiger partial charge in [-0.1, -0.05) is 84.9 Å². The van der Waals surface area contributed by atoms with Gasteiger partial charge in [0.1, 0.15) is 0 Å². The van der Waals surface area contributed by atoms with Crippen molar-refractivity contribution < 1.29 is 20.4 Å². The molecule has 0 aromatic heterocycles. The molecule has 4 rings (SSSR count). The van der Waals surface area contributed by atoms with E-state index in [1.807, 2.05) is 0 Å². The van der Waals surface area contributed by atoms with Crippen molar-refractivity contribution in [2.45, 2.75) is 0 Å². The van der Waals surface area contributed by atoms with Gasteiger partial charge in [-0.25, -0.2) is 0 Å². The van der Waals surface area contributed by atoms with Gasteiger partial charge in [-0.3, -0.25) is 0 Å². The maximum Gasteiger partial charge on any atom is 0 e. The molecule has 0 heterocycles. The molecule has 0 N–H and O–H groups in total. The second-order valence-corrected chi connectivity index (χ2v) is 5.05. The van der Waals surface area contributed by atoms with Gasteiger partial charge in [-0.15, -0.1) is 0 Å². The molecule has 0 spiro atoms. The molecule has 0 bridgehead atoms. The molecule has 0 unspecified atom stereocenters. The molecule has 4 aromatic rings. The molecule has 0 atom stereocenters. The first-order chi connectivity index (χ1) is 9.93. The van der Waals surface area contributed by atoms with Crippen LogP contribution in [0.4, 0.5) is 0 Å². The van der Waals surface area contributed by atoms with Crippen molar-refractivity contribution in [2.24, 2.45) is 0 Å². The van der Waals surface area contributed by atoms with Crippen LogP contribution in [-0.4, -0.2) is 0 Å². The Morgan fingerprint density at radius 2 is 0.762 bits per heavy atom. The van der Waals surface area contributed by atoms with Gasteiger partial charge >= 0.3 is 0 Å². The van der Waals surface area contributed by atoms with Crippen molar-refractivity contribution in [3.63, 3.8) is 0 Å². The molecule has 0 saturated carbocycles. The summed E-state index contributed by atoms with van der Waals surface area (Å²) in [5.41, 5.74) is 2.61. The van der Waals surface area contributed by atoms with Crippen LogP contribution in [0.5, 0.6) is 0 Å². The molecular formula is C20H14Pd. The first-order valence-electron chi connectivity index (χ1n) is 6.89. The quantitative estimate of drug-likeness (QED) is 0.384. The van der Waals surface area contributed by atoms with Crippen LogP contribution in [0.3, 0.4) is 0 Å². The van der Waals surface area contributed by atoms with E-state index in [-0.39, 0.29) is 20.4 Å². The van der Waals surface area contributed by atoms with Gasteiger partial charge in [0.25, 0.3) is 0 Å². The van der Waals surface area contributed by atoms with E-state index in [1.165, 1.54) is 32.7 Å². The van der Waals surface area contributed by atoms with Crippen LogP contribution >= 0.6 is 0 Å². The summed E-state index contributed by atoms with van der Waals surface area (Å²) in [6.45, 7) is 0. The summed E-state index contributed by atoms with van der Waals surface area (Å²) in [4.78, 5) is 0. The first kappa shape index (κ1) is 14.0. The minimum Gasteiger partial charge on any atom is -0.0616 e. The van der Waals surface area contributed by atoms with E-state index >= 15 is 0 Å². The van der Waals surface area contributed by atoms with Gasteiger partial charge in [-0.05, 0) is 32.7 Å². The first-order valence-corrected chi connectivity index (χ1v) is 6.89. The van der Waals surface area contributed by atoms with Crippen molar-refractivity contribution in [1.82, 2.24) is 0 Å². The SMILES string of the molecule is [Pd].c1ccc2c(-c3cccc4ccccc34)cccc2c1. The van der Waals surface area contributed by atoms with Crippen LogP contribution in [0.2, 0.25) is 0 Å². The van der Waals surface area contributed by atoms with Gasteiger partial charge in [0.05, 0.1) is 0 Å². The Bertz CT molecular complexity index is 821. The minimum atomic E-state index is 0. The summed E-state index contributed by atoms with van der Waals surface area (Å²) < 4.78 is 0. The Kier molecular flexibility index (Phi) is 3.88. The third-order valence-corrected chi connectivity index (χ3v) is 3.87. The van der Waals surface area contributed by atoms with E-state index in [4.69, 9.17) is 0 Å². The molecule has 1 heteroatoms. The molecule has 0 fully saturated rings. The van der Waals surface area contributed by atoms with E-state index in [0.717, 1.165) is 0 Å². The number of rotatable bonds is 1. The van der Waals surface area contributed by atoms with E-state index in [2.05, 4.69) is 84.9 Å². The Hall–Kier alpha value is -1.94. The topological polar surface area (TPSA) is 0 Å². The Balaban J connectivity index is 0.00000132. The zero-order valence-electron chi connectivity index (χ0n) is 11.4. The molecular weight excluding hydrogens is 347 g/mol. The standard InChI is InChI=1S/C20H14.Pd/c1-3-11-17-15(7-1)9-5-13-19(17)20-14-6-10-16-8-2-4-12-18(16)20;/h1-14H;. The molecule has 0 saturated heterocycles. The molecule has 0 aliphatic heterocycles. The van der Waals surface area contributed by atoms with Gasteiger partial charge in [0.2, 0.25) is 0 Å². The molecule has 0 aliphatic carbocycles. The van der Waals surface area contributed by atoms with Gasteiger partial charge < -0.3 is 0 Å². The van der Waals surface area contributed by atoms with E-state index in [0.29, 0.717) is 0 Å². The molecule has 0 aliphatic rings. The predicted octanol–water partition coefficient (Wildman–Crippen LogP) is 5.66. The second-order valence-electron chi connectivity index (χ2n) is 5.05. The van der Waals surface area contributed by atoms with Crippen molar-refractivity contribution in [3.8, 4) is 11.1 Å². The monoisotopic (exact) mass is 360 g/mol. The van der Waals surface area contributed by atoms with Crippen molar-refractivity contribution in [1.29, 1.82) is 0 Å². The van der Waals surface area contributed by atoms with E-state index < -0.39 is 0 Å². The summed E-state index contributed by atoms with van der Waals surface area (Å²) in [7, 11) is 0. The Morgan fingerprint density at radius 3 is 1.24 bits per heavy atom. The van der Waals surface area contributed by atoms with Crippen LogP contribution in [0.25, 0.3) is 32.7 Å². The van der Waals surface area contributed by atoms with E-state index in [1.54, 1.807) is 0 Å². The van der Waals surface area contributed by atoms with Crippen molar-refractivity contribution >= 4 is 21.5 Å². The second kappa shape index (κ2) is 5.82. The Labute approximate surface area is 138 Å². The van der Waals surface area contributed by atoms with E-state index in [9.17, 15) is 0 Å². The predicted molar refractivity (Wildman–Crippen MR) is 86.9 cm³/mol. The summed E-state index contributed by atoms with van der Waals surface area (Å²) in [6, 6.07) is 30.2. The average Bonchev–Trinajstić information content (AvgIpc) is 2.54. The molecule has 0 radical (unpaired) electrons. The van der Waals surface area contributed by atoms with Crippen molar-refractivity contribution in [2.75, 3.05) is 0 Å². The van der Waals surface area contributed by atoms with Crippen LogP contribution in [0, 0.1) is 0 Å². The van der Waals surface area contributed by atoms with Crippen LogP contribution < -0.4 is 0 Å². The van der Waals surface area contributed by atoms with Crippen LogP contribution in [0.15, 0.2) is 84.9 Å². The molecule has 0 nitrogen and oxygen atoms in total. The van der Waals surface area contributed by atoms with Gasteiger partial charge in [0, 0.05) is 20.4 Å². The molecule has 4 aromatic carbocycles. The average molecular weight is 361 g/mol. The molecule has 104 valence electrons. The largest absolute Gasteiger partial charge is 0.0616 e. The fourth-order valence-corrected chi connectivity index (χ4v) is 2.92. The maximum atomic E-state index is 2.21. The zero-order valence-corrected chi connectivity index (χ0v) is 13.0. The number of hydrogen-bond donors (Lipinski definition) is 0. The van der Waals surface area contributed by atoms with Crippen LogP contribution in [0.1, 0.15) is 0 Å². The number of hydrogen-bond acceptors (Lipinski definition) is 0. The van der Waals surface area contributed by atoms with Crippen molar-refractivity contribution in [3.05, 3.63) is 84.9 Å². The summed E-state index contributed by atoms with van der Waals surface area (Å²) in [5, 5.41) is 5.20. The third-order valence-electron chi connectivity index (χ3n) is 3.87. The van der Waals surface area contributed by atoms with Gasteiger partial charge in [-0.2, -0.15) is 0 Å². The summed E-state index contributed by atoms with van der Waals surface area (Å²) in [6.07, 6.45) is 0. The Morgan fingerprint density at radius 1 is 0.381 bits per heavy atom. The third kappa shape index (κ3) is 2.40. The minimum absolute atomic E-state index is 0. The zero-order chi connectivity index (χ0) is 13.4. The molecule has 21 heavy (non-hydrogen) atoms. The smallest absolute Gasteiger partial charge is 0 e. The summed E-state index contributed by atoms with van der Waals surface area (Å²) >= 11 is 0. The van der Waals surface area contributed by atoms with Crippen LogP contribution in [-0.2, 0) is 20.4 Å². The summed E-state index contributed by atoms with van der Waals surface area (Å²) in [5.74, 6) is 0. The normalized spacial score (nSPS) is 10.5.